The Morgan fingerprint density at radius 2 is 1.85 bits per heavy atom. The average Bonchev–Trinajstić information content (AvgIpc) is 3.31. The number of Topliss-reactive ketones (excluding diaryl/α,β-unsaturated/α-hetero) is 1. The summed E-state index contributed by atoms with van der Waals surface area (Å²) in [5.74, 6) is -0.952. The Bertz CT molecular complexity index is 1320. The van der Waals surface area contributed by atoms with E-state index in [1.165, 1.54) is 28.6 Å². The van der Waals surface area contributed by atoms with Crippen LogP contribution >= 0.6 is 0 Å². The molecule has 1 N–H and O–H groups in total. The van der Waals surface area contributed by atoms with Crippen LogP contribution in [0.4, 0.5) is 0 Å². The largest absolute Gasteiger partial charge is 0.454 e. The number of ketones is 1. The summed E-state index contributed by atoms with van der Waals surface area (Å²) in [6.45, 7) is 3.08. The smallest absolute Gasteiger partial charge is 0.331 e. The number of ether oxygens (including phenoxy) is 2. The minimum absolute atomic E-state index is 0.185. The van der Waals surface area contributed by atoms with E-state index in [1.807, 2.05) is 25.1 Å². The number of sulfonamides is 1. The molecule has 2 heterocycles. The maximum Gasteiger partial charge on any atom is 0.331 e. The molecule has 9 heteroatoms. The molecule has 1 aliphatic rings. The van der Waals surface area contributed by atoms with Gasteiger partial charge in [0, 0.05) is 41.8 Å². The van der Waals surface area contributed by atoms with Crippen molar-refractivity contribution in [3.63, 3.8) is 0 Å². The number of hydrogen-bond donors (Lipinski definition) is 1. The van der Waals surface area contributed by atoms with Gasteiger partial charge in [-0.3, -0.25) is 4.79 Å². The van der Waals surface area contributed by atoms with Gasteiger partial charge < -0.3 is 14.5 Å². The minimum Gasteiger partial charge on any atom is -0.454 e. The van der Waals surface area contributed by atoms with Crippen LogP contribution in [0.15, 0.2) is 59.6 Å². The number of aromatic nitrogens is 1. The van der Waals surface area contributed by atoms with E-state index in [2.05, 4.69) is 4.98 Å². The van der Waals surface area contributed by atoms with Gasteiger partial charge in [-0.25, -0.2) is 13.2 Å². The van der Waals surface area contributed by atoms with E-state index in [1.54, 1.807) is 18.3 Å². The Labute approximate surface area is 198 Å². The predicted octanol–water partition coefficient (Wildman–Crippen LogP) is 3.19. The first-order chi connectivity index (χ1) is 16.4. The summed E-state index contributed by atoms with van der Waals surface area (Å²) < 4.78 is 37.1. The van der Waals surface area contributed by atoms with Crippen LogP contribution in [0.5, 0.6) is 0 Å². The first-order valence-corrected chi connectivity index (χ1v) is 12.5. The molecule has 0 bridgehead atoms. The van der Waals surface area contributed by atoms with Gasteiger partial charge in [-0.1, -0.05) is 37.3 Å². The number of rotatable bonds is 8. The highest BCUT2D eigenvalue weighted by molar-refractivity contribution is 7.89. The Kier molecular flexibility index (Phi) is 7.26. The third kappa shape index (κ3) is 5.11. The quantitative estimate of drug-likeness (QED) is 0.300. The van der Waals surface area contributed by atoms with Crippen LogP contribution in [-0.4, -0.2) is 62.4 Å². The first-order valence-electron chi connectivity index (χ1n) is 11.0. The number of nitrogens with one attached hydrogen (secondary N) is 1. The van der Waals surface area contributed by atoms with E-state index in [0.29, 0.717) is 37.4 Å². The molecule has 0 aliphatic carbocycles. The molecule has 1 aromatic heterocycles. The number of fused-ring (bicyclic) bond motifs is 1. The molecule has 0 saturated carbocycles. The van der Waals surface area contributed by atoms with E-state index in [0.717, 1.165) is 22.9 Å². The van der Waals surface area contributed by atoms with Crippen molar-refractivity contribution in [1.82, 2.24) is 9.29 Å². The average molecular weight is 483 g/mol. The lowest BCUT2D eigenvalue weighted by Crippen LogP contribution is -2.40. The zero-order valence-electron chi connectivity index (χ0n) is 18.8. The van der Waals surface area contributed by atoms with Crippen molar-refractivity contribution in [2.75, 3.05) is 32.9 Å². The fourth-order valence-corrected chi connectivity index (χ4v) is 5.26. The molecule has 0 atom stereocenters. The van der Waals surface area contributed by atoms with Gasteiger partial charge in [0.05, 0.1) is 18.1 Å². The third-order valence-corrected chi connectivity index (χ3v) is 7.64. The van der Waals surface area contributed by atoms with Crippen LogP contribution < -0.4 is 0 Å². The van der Waals surface area contributed by atoms with Crippen molar-refractivity contribution in [2.45, 2.75) is 18.2 Å². The van der Waals surface area contributed by atoms with Crippen LogP contribution in [0.25, 0.3) is 17.0 Å². The van der Waals surface area contributed by atoms with Gasteiger partial charge in [-0.05, 0) is 35.8 Å². The summed E-state index contributed by atoms with van der Waals surface area (Å²) in [5.41, 5.74) is 3.14. The Morgan fingerprint density at radius 1 is 1.12 bits per heavy atom. The lowest BCUT2D eigenvalue weighted by atomic mass is 10.1. The topological polar surface area (TPSA) is 106 Å². The fourth-order valence-electron chi connectivity index (χ4n) is 3.86. The number of esters is 1. The molecule has 0 amide bonds. The highest BCUT2D eigenvalue weighted by atomic mass is 32.2. The number of hydrogen-bond acceptors (Lipinski definition) is 6. The van der Waals surface area contributed by atoms with E-state index < -0.39 is 16.0 Å². The van der Waals surface area contributed by atoms with Crippen molar-refractivity contribution < 1.29 is 27.5 Å². The minimum atomic E-state index is -3.57. The number of benzene rings is 2. The zero-order valence-corrected chi connectivity index (χ0v) is 19.6. The van der Waals surface area contributed by atoms with Crippen molar-refractivity contribution in [3.8, 4) is 0 Å². The molecule has 1 aliphatic heterocycles. The number of carbonyl (C=O) groups excluding carboxylic acids is 2. The van der Waals surface area contributed by atoms with Gasteiger partial charge in [0.25, 0.3) is 0 Å². The second-order valence-electron chi connectivity index (χ2n) is 7.85. The summed E-state index contributed by atoms with van der Waals surface area (Å²) in [4.78, 5) is 28.0. The molecule has 8 nitrogen and oxygen atoms in total. The molecule has 1 fully saturated rings. The predicted molar refractivity (Wildman–Crippen MR) is 128 cm³/mol. The molecule has 34 heavy (non-hydrogen) atoms. The van der Waals surface area contributed by atoms with Gasteiger partial charge >= 0.3 is 5.97 Å². The molecule has 178 valence electrons. The number of aryl methyl sites for hydroxylation is 1. The maximum absolute atomic E-state index is 12.7. The standard InChI is InChI=1S/C25H26N2O6S/c1-2-19-4-3-5-21-22(16-26-25(19)21)23(28)17-33-24(29)11-8-18-6-9-20(10-7-18)34(30,31)27-12-14-32-15-13-27/h3-11,16,26H,2,12-15,17H2,1H3/b11-8+. The number of aromatic amines is 1. The number of para-hydroxylation sites is 1. The summed E-state index contributed by atoms with van der Waals surface area (Å²) in [5, 5.41) is 0.808. The van der Waals surface area contributed by atoms with Gasteiger partial charge in [-0.15, -0.1) is 0 Å². The number of nitrogens with zero attached hydrogens (tertiary/aromatic N) is 1. The van der Waals surface area contributed by atoms with Crippen LogP contribution in [0.1, 0.15) is 28.4 Å². The lowest BCUT2D eigenvalue weighted by Gasteiger charge is -2.26. The van der Waals surface area contributed by atoms with Crippen molar-refractivity contribution in [2.24, 2.45) is 0 Å². The summed E-state index contributed by atoms with van der Waals surface area (Å²) >= 11 is 0. The van der Waals surface area contributed by atoms with Crippen LogP contribution in [0, 0.1) is 0 Å². The second-order valence-corrected chi connectivity index (χ2v) is 9.78. The molecule has 0 radical (unpaired) electrons. The SMILES string of the molecule is CCc1cccc2c(C(=O)COC(=O)/C=C/c3ccc(S(=O)(=O)N4CCOCC4)cc3)c[nH]c12. The van der Waals surface area contributed by atoms with Crippen LogP contribution in [-0.2, 0) is 30.7 Å². The highest BCUT2D eigenvalue weighted by Gasteiger charge is 2.26. The Hall–Kier alpha value is -3.27. The highest BCUT2D eigenvalue weighted by Crippen LogP contribution is 2.23. The van der Waals surface area contributed by atoms with Gasteiger partial charge in [0.2, 0.25) is 15.8 Å². The van der Waals surface area contributed by atoms with E-state index in [9.17, 15) is 18.0 Å². The first kappa shape index (κ1) is 23.9. The number of carbonyl (C=O) groups is 2. The van der Waals surface area contributed by atoms with Crippen LogP contribution in [0.3, 0.4) is 0 Å². The van der Waals surface area contributed by atoms with E-state index in [4.69, 9.17) is 9.47 Å². The molecule has 3 aromatic rings. The Balaban J connectivity index is 1.35. The zero-order chi connectivity index (χ0) is 24.1. The molecule has 0 unspecified atom stereocenters. The van der Waals surface area contributed by atoms with Crippen molar-refractivity contribution in [3.05, 3.63) is 71.4 Å². The van der Waals surface area contributed by atoms with Gasteiger partial charge in [0.15, 0.2) is 6.61 Å². The molecule has 0 spiro atoms. The summed E-state index contributed by atoms with van der Waals surface area (Å²) in [6, 6.07) is 12.0. The van der Waals surface area contributed by atoms with Gasteiger partial charge in [-0.2, -0.15) is 4.31 Å². The third-order valence-electron chi connectivity index (χ3n) is 5.73. The second kappa shape index (κ2) is 10.3. The van der Waals surface area contributed by atoms with Crippen molar-refractivity contribution in [1.29, 1.82) is 0 Å². The fraction of sp³-hybridized carbons (Fsp3) is 0.280. The van der Waals surface area contributed by atoms with E-state index >= 15 is 0 Å². The normalized spacial score (nSPS) is 15.1. The Morgan fingerprint density at radius 3 is 2.56 bits per heavy atom. The maximum atomic E-state index is 12.7. The monoisotopic (exact) mass is 482 g/mol. The number of morpholine rings is 1. The molecule has 4 rings (SSSR count). The lowest BCUT2D eigenvalue weighted by molar-refractivity contribution is -0.136. The number of H-pyrrole nitrogens is 1. The molecule has 1 saturated heterocycles. The molecular weight excluding hydrogens is 456 g/mol. The molecular formula is C25H26N2O6S. The molecule has 2 aromatic carbocycles. The summed E-state index contributed by atoms with van der Waals surface area (Å²) in [6.07, 6.45) is 5.20. The van der Waals surface area contributed by atoms with Crippen molar-refractivity contribution >= 4 is 38.8 Å². The summed E-state index contributed by atoms with van der Waals surface area (Å²) in [7, 11) is -3.57. The van der Waals surface area contributed by atoms with E-state index in [-0.39, 0.29) is 17.3 Å². The van der Waals surface area contributed by atoms with Crippen LogP contribution in [0.2, 0.25) is 0 Å². The van der Waals surface area contributed by atoms with Gasteiger partial charge in [0.1, 0.15) is 0 Å².